The number of nitrogens with one attached hydrogen (secondary N) is 2. The number of hydrogen-bond donors (Lipinski definition) is 2. The molecule has 0 aromatic heterocycles. The highest BCUT2D eigenvalue weighted by molar-refractivity contribution is 7.80. The van der Waals surface area contributed by atoms with Crippen molar-refractivity contribution in [1.29, 1.82) is 0 Å². The first kappa shape index (κ1) is 13.0. The van der Waals surface area contributed by atoms with Gasteiger partial charge in [0, 0.05) is 11.4 Å². The molecule has 0 saturated heterocycles. The molecule has 1 fully saturated rings. The van der Waals surface area contributed by atoms with E-state index in [-0.39, 0.29) is 0 Å². The Morgan fingerprint density at radius 2 is 2.11 bits per heavy atom. The molecule has 0 heterocycles. The van der Waals surface area contributed by atoms with Crippen LogP contribution in [0.4, 0.5) is 5.69 Å². The summed E-state index contributed by atoms with van der Waals surface area (Å²) in [5.74, 6) is 0.745. The second-order valence-corrected chi connectivity index (χ2v) is 5.22. The van der Waals surface area contributed by atoms with Gasteiger partial charge in [-0.15, -0.1) is 0 Å². The maximum atomic E-state index is 5.20. The summed E-state index contributed by atoms with van der Waals surface area (Å²) in [5.41, 5.74) is 5.14. The molecule has 1 aliphatic carbocycles. The lowest BCUT2D eigenvalue weighted by Crippen LogP contribution is -2.26. The molecular weight excluding hydrogens is 242 g/mol. The van der Waals surface area contributed by atoms with Crippen LogP contribution in [0.2, 0.25) is 0 Å². The van der Waals surface area contributed by atoms with E-state index in [1.807, 2.05) is 30.3 Å². The summed E-state index contributed by atoms with van der Waals surface area (Å²) >= 11 is 5.20. The maximum absolute atomic E-state index is 5.20. The topological polar surface area (TPSA) is 36.4 Å². The molecule has 0 radical (unpaired) electrons. The predicted molar refractivity (Wildman–Crippen MR) is 80.9 cm³/mol. The van der Waals surface area contributed by atoms with E-state index in [9.17, 15) is 0 Å². The lowest BCUT2D eigenvalue weighted by Gasteiger charge is -2.19. The van der Waals surface area contributed by atoms with Crippen molar-refractivity contribution < 1.29 is 0 Å². The van der Waals surface area contributed by atoms with Gasteiger partial charge in [0.1, 0.15) is 0 Å². The quantitative estimate of drug-likeness (QED) is 0.631. The van der Waals surface area contributed by atoms with Gasteiger partial charge in [0.25, 0.3) is 0 Å². The summed E-state index contributed by atoms with van der Waals surface area (Å²) in [7, 11) is 0. The summed E-state index contributed by atoms with van der Waals surface area (Å²) in [4.78, 5) is 0. The van der Waals surface area contributed by atoms with E-state index < -0.39 is 0 Å². The minimum absolute atomic E-state index is 0.548. The third kappa shape index (κ3) is 4.11. The van der Waals surface area contributed by atoms with E-state index in [0.29, 0.717) is 5.11 Å². The number of rotatable bonds is 2. The van der Waals surface area contributed by atoms with Crippen LogP contribution in [0.15, 0.2) is 35.4 Å². The molecule has 0 spiro atoms. The largest absolute Gasteiger partial charge is 0.331 e. The van der Waals surface area contributed by atoms with Crippen LogP contribution in [-0.2, 0) is 0 Å². The van der Waals surface area contributed by atoms with Crippen molar-refractivity contribution in [2.24, 2.45) is 11.0 Å². The first-order valence-corrected chi connectivity index (χ1v) is 6.82. The fourth-order valence-electron chi connectivity index (χ4n) is 2.17. The van der Waals surface area contributed by atoms with E-state index in [1.165, 1.54) is 18.6 Å². The first-order chi connectivity index (χ1) is 8.74. The summed E-state index contributed by atoms with van der Waals surface area (Å²) in [6.07, 6.45) is 4.72. The highest BCUT2D eigenvalue weighted by Gasteiger charge is 2.13. The van der Waals surface area contributed by atoms with Gasteiger partial charge >= 0.3 is 0 Å². The van der Waals surface area contributed by atoms with E-state index in [4.69, 9.17) is 12.2 Å². The third-order valence-electron chi connectivity index (χ3n) is 3.09. The van der Waals surface area contributed by atoms with Crippen LogP contribution in [0.5, 0.6) is 0 Å². The lowest BCUT2D eigenvalue weighted by atomic mass is 9.89. The van der Waals surface area contributed by atoms with Crippen LogP contribution in [0.3, 0.4) is 0 Å². The third-order valence-corrected chi connectivity index (χ3v) is 3.29. The zero-order valence-electron chi connectivity index (χ0n) is 10.6. The molecule has 1 saturated carbocycles. The Hall–Kier alpha value is -1.42. The zero-order chi connectivity index (χ0) is 12.8. The molecule has 2 rings (SSSR count). The lowest BCUT2D eigenvalue weighted by molar-refractivity contribution is 0.498. The molecule has 96 valence electrons. The average molecular weight is 261 g/mol. The molecule has 3 nitrogen and oxygen atoms in total. The SMILES string of the molecule is C[C@@H]1CCC/C(=N\NC(=S)Nc2ccccc2)C1. The summed E-state index contributed by atoms with van der Waals surface area (Å²) < 4.78 is 0. The number of thiocarbonyl (C=S) groups is 1. The number of anilines is 1. The first-order valence-electron chi connectivity index (χ1n) is 6.41. The standard InChI is InChI=1S/C14H19N3S/c1-11-6-5-9-13(10-11)16-17-14(18)15-12-7-3-2-4-8-12/h2-4,7-8,11H,5-6,9-10H2,1H3,(H2,15,17,18)/b16-13+/t11-/m1/s1. The molecule has 1 aromatic rings. The van der Waals surface area contributed by atoms with Gasteiger partial charge in [-0.2, -0.15) is 5.10 Å². The van der Waals surface area contributed by atoms with Gasteiger partial charge in [0.2, 0.25) is 0 Å². The Morgan fingerprint density at radius 1 is 1.33 bits per heavy atom. The Morgan fingerprint density at radius 3 is 2.83 bits per heavy atom. The van der Waals surface area contributed by atoms with Crippen molar-refractivity contribution in [3.05, 3.63) is 30.3 Å². The normalized spacial score (nSPS) is 21.6. The molecule has 2 N–H and O–H groups in total. The fourth-order valence-corrected chi connectivity index (χ4v) is 2.34. The molecule has 0 unspecified atom stereocenters. The minimum Gasteiger partial charge on any atom is -0.331 e. The molecule has 18 heavy (non-hydrogen) atoms. The Balaban J connectivity index is 1.83. The zero-order valence-corrected chi connectivity index (χ0v) is 11.5. The molecular formula is C14H19N3S. The number of para-hydroxylation sites is 1. The van der Waals surface area contributed by atoms with Crippen LogP contribution < -0.4 is 10.7 Å². The van der Waals surface area contributed by atoms with Crippen molar-refractivity contribution in [2.45, 2.75) is 32.6 Å². The number of hydrogen-bond acceptors (Lipinski definition) is 2. The van der Waals surface area contributed by atoms with E-state index in [1.54, 1.807) is 0 Å². The van der Waals surface area contributed by atoms with Crippen LogP contribution in [0.25, 0.3) is 0 Å². The number of nitrogens with zero attached hydrogens (tertiary/aromatic N) is 1. The van der Waals surface area contributed by atoms with E-state index in [2.05, 4.69) is 22.8 Å². The van der Waals surface area contributed by atoms with Gasteiger partial charge in [-0.1, -0.05) is 25.1 Å². The van der Waals surface area contributed by atoms with Gasteiger partial charge in [0.15, 0.2) is 5.11 Å². The number of benzene rings is 1. The van der Waals surface area contributed by atoms with E-state index in [0.717, 1.165) is 24.4 Å². The molecule has 0 aliphatic heterocycles. The van der Waals surface area contributed by atoms with Crippen LogP contribution in [0, 0.1) is 5.92 Å². The van der Waals surface area contributed by atoms with Crippen LogP contribution in [0.1, 0.15) is 32.6 Å². The van der Waals surface area contributed by atoms with Crippen LogP contribution in [-0.4, -0.2) is 10.8 Å². The fraction of sp³-hybridized carbons (Fsp3) is 0.429. The smallest absolute Gasteiger partial charge is 0.191 e. The van der Waals surface area contributed by atoms with Crippen molar-refractivity contribution in [2.75, 3.05) is 5.32 Å². The van der Waals surface area contributed by atoms with E-state index >= 15 is 0 Å². The summed E-state index contributed by atoms with van der Waals surface area (Å²) in [5, 5.41) is 8.05. The second kappa shape index (κ2) is 6.50. The minimum atomic E-state index is 0.548. The monoisotopic (exact) mass is 261 g/mol. The van der Waals surface area contributed by atoms with Crippen molar-refractivity contribution >= 4 is 28.7 Å². The molecule has 4 heteroatoms. The van der Waals surface area contributed by atoms with Crippen molar-refractivity contribution in [3.63, 3.8) is 0 Å². The number of hydrazone groups is 1. The molecule has 1 aromatic carbocycles. The summed E-state index contributed by atoms with van der Waals surface area (Å²) in [6.45, 7) is 2.27. The van der Waals surface area contributed by atoms with Crippen molar-refractivity contribution in [3.8, 4) is 0 Å². The second-order valence-electron chi connectivity index (χ2n) is 4.81. The highest BCUT2D eigenvalue weighted by Crippen LogP contribution is 2.20. The molecule has 1 atom stereocenters. The summed E-state index contributed by atoms with van der Waals surface area (Å²) in [6, 6.07) is 9.87. The van der Waals surface area contributed by atoms with Gasteiger partial charge < -0.3 is 5.32 Å². The predicted octanol–water partition coefficient (Wildman–Crippen LogP) is 3.54. The molecule has 0 amide bonds. The van der Waals surface area contributed by atoms with Gasteiger partial charge in [0.05, 0.1) is 0 Å². The Labute approximate surface area is 114 Å². The van der Waals surface area contributed by atoms with Gasteiger partial charge in [-0.05, 0) is 56.0 Å². The van der Waals surface area contributed by atoms with Gasteiger partial charge in [-0.3, -0.25) is 5.43 Å². The maximum Gasteiger partial charge on any atom is 0.191 e. The Kier molecular flexibility index (Phi) is 4.70. The Bertz CT molecular complexity index is 428. The van der Waals surface area contributed by atoms with Gasteiger partial charge in [-0.25, -0.2) is 0 Å². The highest BCUT2D eigenvalue weighted by atomic mass is 32.1. The molecule has 1 aliphatic rings. The molecule has 0 bridgehead atoms. The average Bonchev–Trinajstić information content (AvgIpc) is 2.38. The van der Waals surface area contributed by atoms with Crippen LogP contribution >= 0.6 is 12.2 Å². The van der Waals surface area contributed by atoms with Crippen molar-refractivity contribution in [1.82, 2.24) is 5.43 Å².